The van der Waals surface area contributed by atoms with E-state index in [1.807, 2.05) is 0 Å². The van der Waals surface area contributed by atoms with Gasteiger partial charge in [0, 0.05) is 26.1 Å². The second kappa shape index (κ2) is 6.23. The molecule has 3 N–H and O–H groups in total. The Hall–Kier alpha value is -2.31. The average Bonchev–Trinajstić information content (AvgIpc) is 3.21. The molecule has 0 spiro atoms. The average molecular weight is 278 g/mol. The van der Waals surface area contributed by atoms with Crippen LogP contribution >= 0.6 is 0 Å². The van der Waals surface area contributed by atoms with Gasteiger partial charge >= 0.3 is 5.69 Å². The van der Waals surface area contributed by atoms with Crippen LogP contribution in [0.1, 0.15) is 19.3 Å². The lowest BCUT2D eigenvalue weighted by Crippen LogP contribution is -2.27. The Kier molecular flexibility index (Phi) is 4.39. The summed E-state index contributed by atoms with van der Waals surface area (Å²) in [6.07, 6.45) is 2.40. The molecule has 0 saturated heterocycles. The summed E-state index contributed by atoms with van der Waals surface area (Å²) in [5, 5.41) is 19.7. The maximum Gasteiger partial charge on any atom is 0.315 e. The van der Waals surface area contributed by atoms with Crippen LogP contribution in [0.15, 0.2) is 18.2 Å². The largest absolute Gasteiger partial charge is 0.382 e. The van der Waals surface area contributed by atoms with Gasteiger partial charge in [0.2, 0.25) is 5.91 Å². The van der Waals surface area contributed by atoms with Gasteiger partial charge in [-0.25, -0.2) is 0 Å². The fourth-order valence-corrected chi connectivity index (χ4v) is 1.92. The number of para-hydroxylation sites is 1. The van der Waals surface area contributed by atoms with E-state index >= 15 is 0 Å². The molecular weight excluding hydrogens is 260 g/mol. The number of benzene rings is 1. The number of rotatable bonds is 7. The molecular formula is C13H18N4O3. The van der Waals surface area contributed by atoms with Gasteiger partial charge in [0.25, 0.3) is 0 Å². The minimum Gasteiger partial charge on any atom is -0.382 e. The van der Waals surface area contributed by atoms with Crippen molar-refractivity contribution in [2.24, 2.45) is 0 Å². The standard InChI is InChI=1S/C13H18N4O3/c1-14-10-3-2-4-11(13(10)17(19)20)15-8-7-12(18)16-9-5-6-9/h2-4,9,14-15H,5-8H2,1H3,(H,16,18). The number of amides is 1. The first-order valence-corrected chi connectivity index (χ1v) is 6.60. The molecule has 1 amide bonds. The minimum atomic E-state index is -0.432. The second-order valence-corrected chi connectivity index (χ2v) is 4.73. The number of hydrogen-bond donors (Lipinski definition) is 3. The van der Waals surface area contributed by atoms with Crippen molar-refractivity contribution in [2.75, 3.05) is 24.2 Å². The van der Waals surface area contributed by atoms with Crippen LogP contribution in [0.3, 0.4) is 0 Å². The molecule has 0 bridgehead atoms. The number of nitro benzene ring substituents is 1. The Morgan fingerprint density at radius 2 is 2.10 bits per heavy atom. The van der Waals surface area contributed by atoms with Crippen LogP contribution in [0.5, 0.6) is 0 Å². The smallest absolute Gasteiger partial charge is 0.315 e. The third kappa shape index (κ3) is 3.59. The zero-order chi connectivity index (χ0) is 14.5. The molecule has 20 heavy (non-hydrogen) atoms. The SMILES string of the molecule is CNc1cccc(NCCC(=O)NC2CC2)c1[N+](=O)[O-]. The molecule has 0 atom stereocenters. The van der Waals surface area contributed by atoms with Crippen LogP contribution in [0.2, 0.25) is 0 Å². The fraction of sp³-hybridized carbons (Fsp3) is 0.462. The summed E-state index contributed by atoms with van der Waals surface area (Å²) in [7, 11) is 1.63. The Morgan fingerprint density at radius 1 is 1.40 bits per heavy atom. The van der Waals surface area contributed by atoms with Crippen molar-refractivity contribution in [3.8, 4) is 0 Å². The lowest BCUT2D eigenvalue weighted by Gasteiger charge is -2.10. The molecule has 7 heteroatoms. The van der Waals surface area contributed by atoms with Crippen molar-refractivity contribution in [3.63, 3.8) is 0 Å². The topological polar surface area (TPSA) is 96.3 Å². The molecule has 0 radical (unpaired) electrons. The Bertz CT molecular complexity index is 514. The number of nitrogens with zero attached hydrogens (tertiary/aromatic N) is 1. The van der Waals surface area contributed by atoms with Gasteiger partial charge < -0.3 is 16.0 Å². The number of carbonyl (C=O) groups excluding carboxylic acids is 1. The molecule has 0 heterocycles. The number of nitrogens with one attached hydrogen (secondary N) is 3. The Labute approximate surface area is 116 Å². The molecule has 1 aliphatic rings. The summed E-state index contributed by atoms with van der Waals surface area (Å²) in [5.41, 5.74) is 0.862. The van der Waals surface area contributed by atoms with Crippen molar-refractivity contribution >= 4 is 23.0 Å². The summed E-state index contributed by atoms with van der Waals surface area (Å²) in [6, 6.07) is 5.34. The molecule has 1 aromatic carbocycles. The predicted octanol–water partition coefficient (Wildman–Crippen LogP) is 1.72. The third-order valence-corrected chi connectivity index (χ3v) is 3.10. The van der Waals surface area contributed by atoms with Crippen molar-refractivity contribution in [3.05, 3.63) is 28.3 Å². The van der Waals surface area contributed by atoms with E-state index in [1.165, 1.54) is 0 Å². The molecule has 1 aromatic rings. The lowest BCUT2D eigenvalue weighted by atomic mass is 10.2. The molecule has 108 valence electrons. The van der Waals surface area contributed by atoms with Gasteiger partial charge in [-0.1, -0.05) is 6.07 Å². The van der Waals surface area contributed by atoms with Crippen LogP contribution in [0.25, 0.3) is 0 Å². The van der Waals surface area contributed by atoms with E-state index in [1.54, 1.807) is 25.2 Å². The normalized spacial score (nSPS) is 13.7. The van der Waals surface area contributed by atoms with E-state index in [9.17, 15) is 14.9 Å². The summed E-state index contributed by atoms with van der Waals surface area (Å²) in [6.45, 7) is 0.368. The molecule has 0 unspecified atom stereocenters. The quantitative estimate of drug-likeness (QED) is 0.521. The molecule has 1 fully saturated rings. The molecule has 0 aliphatic heterocycles. The van der Waals surface area contributed by atoms with Crippen LogP contribution < -0.4 is 16.0 Å². The number of carbonyl (C=O) groups is 1. The van der Waals surface area contributed by atoms with Gasteiger partial charge in [-0.2, -0.15) is 0 Å². The summed E-state index contributed by atoms with van der Waals surface area (Å²) >= 11 is 0. The highest BCUT2D eigenvalue weighted by Gasteiger charge is 2.23. The van der Waals surface area contributed by atoms with Crippen LogP contribution in [-0.4, -0.2) is 30.5 Å². The van der Waals surface area contributed by atoms with Crippen molar-refractivity contribution in [2.45, 2.75) is 25.3 Å². The van der Waals surface area contributed by atoms with E-state index in [0.29, 0.717) is 30.4 Å². The Balaban J connectivity index is 1.94. The minimum absolute atomic E-state index is 0.00222. The van der Waals surface area contributed by atoms with E-state index in [0.717, 1.165) is 12.8 Å². The zero-order valence-electron chi connectivity index (χ0n) is 11.3. The van der Waals surface area contributed by atoms with Gasteiger partial charge in [0.05, 0.1) is 4.92 Å². The van der Waals surface area contributed by atoms with Gasteiger partial charge in [-0.05, 0) is 25.0 Å². The van der Waals surface area contributed by atoms with E-state index in [-0.39, 0.29) is 11.6 Å². The second-order valence-electron chi connectivity index (χ2n) is 4.73. The first-order chi connectivity index (χ1) is 9.61. The monoisotopic (exact) mass is 278 g/mol. The number of hydrogen-bond acceptors (Lipinski definition) is 5. The highest BCUT2D eigenvalue weighted by molar-refractivity contribution is 5.78. The van der Waals surface area contributed by atoms with E-state index < -0.39 is 4.92 Å². The highest BCUT2D eigenvalue weighted by Crippen LogP contribution is 2.32. The maximum atomic E-state index is 11.5. The lowest BCUT2D eigenvalue weighted by molar-refractivity contribution is -0.383. The summed E-state index contributed by atoms with van der Waals surface area (Å²) in [5.74, 6) is -0.0209. The predicted molar refractivity (Wildman–Crippen MR) is 76.9 cm³/mol. The van der Waals surface area contributed by atoms with Gasteiger partial charge in [-0.3, -0.25) is 14.9 Å². The number of nitro groups is 1. The molecule has 1 aliphatic carbocycles. The first kappa shape index (κ1) is 14.1. The third-order valence-electron chi connectivity index (χ3n) is 3.10. The van der Waals surface area contributed by atoms with Crippen LogP contribution in [0, 0.1) is 10.1 Å². The van der Waals surface area contributed by atoms with E-state index in [2.05, 4.69) is 16.0 Å². The number of anilines is 2. The van der Waals surface area contributed by atoms with Crippen molar-refractivity contribution in [1.29, 1.82) is 0 Å². The molecule has 7 nitrogen and oxygen atoms in total. The van der Waals surface area contributed by atoms with Crippen molar-refractivity contribution < 1.29 is 9.72 Å². The molecule has 0 aromatic heterocycles. The van der Waals surface area contributed by atoms with E-state index in [4.69, 9.17) is 0 Å². The van der Waals surface area contributed by atoms with Gasteiger partial charge in [0.15, 0.2) is 0 Å². The zero-order valence-corrected chi connectivity index (χ0v) is 11.3. The van der Waals surface area contributed by atoms with Crippen LogP contribution in [0.4, 0.5) is 17.1 Å². The van der Waals surface area contributed by atoms with Gasteiger partial charge in [0.1, 0.15) is 11.4 Å². The van der Waals surface area contributed by atoms with Crippen LogP contribution in [-0.2, 0) is 4.79 Å². The molecule has 1 saturated carbocycles. The van der Waals surface area contributed by atoms with Gasteiger partial charge in [-0.15, -0.1) is 0 Å². The Morgan fingerprint density at radius 3 is 2.70 bits per heavy atom. The molecule has 2 rings (SSSR count). The summed E-state index contributed by atoms with van der Waals surface area (Å²) < 4.78 is 0. The summed E-state index contributed by atoms with van der Waals surface area (Å²) in [4.78, 5) is 22.2. The van der Waals surface area contributed by atoms with Crippen molar-refractivity contribution in [1.82, 2.24) is 5.32 Å². The maximum absolute atomic E-state index is 11.5. The fourth-order valence-electron chi connectivity index (χ4n) is 1.92. The highest BCUT2D eigenvalue weighted by atomic mass is 16.6. The first-order valence-electron chi connectivity index (χ1n) is 6.60.